The fraction of sp³-hybridized carbons (Fsp3) is 0.769. The first-order chi connectivity index (χ1) is 7.43. The molecule has 1 saturated heterocycles. The zero-order valence-corrected chi connectivity index (χ0v) is 10.8. The minimum absolute atomic E-state index is 0.280. The van der Waals surface area contributed by atoms with Crippen LogP contribution in [0.4, 0.5) is 0 Å². The van der Waals surface area contributed by atoms with E-state index in [1.54, 1.807) is 0 Å². The van der Waals surface area contributed by atoms with Crippen molar-refractivity contribution < 1.29 is 9.53 Å². The number of esters is 1. The predicted molar refractivity (Wildman–Crippen MR) is 64.9 cm³/mol. The van der Waals surface area contributed by atoms with Gasteiger partial charge in [-0.2, -0.15) is 0 Å². The highest BCUT2D eigenvalue weighted by Crippen LogP contribution is 2.34. The molecule has 1 fully saturated rings. The Kier molecular flexibility index (Phi) is 4.39. The average Bonchev–Trinajstić information content (AvgIpc) is 2.25. The van der Waals surface area contributed by atoms with Crippen molar-refractivity contribution in [2.45, 2.75) is 33.6 Å². The summed E-state index contributed by atoms with van der Waals surface area (Å²) < 4.78 is 4.56. The van der Waals surface area contributed by atoms with Crippen molar-refractivity contribution >= 4 is 5.97 Å². The first kappa shape index (κ1) is 13.1. The van der Waals surface area contributed by atoms with Crippen molar-refractivity contribution in [3.63, 3.8) is 0 Å². The quantitative estimate of drug-likeness (QED) is 0.534. The molecule has 3 heteroatoms. The summed E-state index contributed by atoms with van der Waals surface area (Å²) in [5, 5.41) is 0. The van der Waals surface area contributed by atoms with Crippen molar-refractivity contribution in [3.8, 4) is 0 Å². The molecule has 0 amide bonds. The Labute approximate surface area is 98.5 Å². The maximum absolute atomic E-state index is 10.9. The Morgan fingerprint density at radius 3 is 2.31 bits per heavy atom. The van der Waals surface area contributed by atoms with Crippen LogP contribution < -0.4 is 0 Å². The van der Waals surface area contributed by atoms with E-state index in [0.717, 1.165) is 19.0 Å². The van der Waals surface area contributed by atoms with Crippen LogP contribution in [0, 0.1) is 11.3 Å². The van der Waals surface area contributed by atoms with E-state index in [4.69, 9.17) is 0 Å². The van der Waals surface area contributed by atoms with E-state index in [1.807, 2.05) is 6.20 Å². The largest absolute Gasteiger partial charge is 0.466 e. The SMILES string of the molecule is COC(=O)C=CN1CCC(C(C)(C)C)CC1. The molecule has 1 aliphatic heterocycles. The Balaban J connectivity index is 2.38. The van der Waals surface area contributed by atoms with E-state index in [-0.39, 0.29) is 5.97 Å². The zero-order valence-electron chi connectivity index (χ0n) is 10.8. The number of carbonyl (C=O) groups is 1. The molecule has 0 spiro atoms. The lowest BCUT2D eigenvalue weighted by molar-refractivity contribution is -0.134. The highest BCUT2D eigenvalue weighted by molar-refractivity contribution is 5.81. The number of carbonyl (C=O) groups excluding carboxylic acids is 1. The van der Waals surface area contributed by atoms with Crippen molar-refractivity contribution in [1.29, 1.82) is 0 Å². The Hall–Kier alpha value is -0.990. The van der Waals surface area contributed by atoms with Gasteiger partial charge in [-0.15, -0.1) is 0 Å². The Morgan fingerprint density at radius 2 is 1.88 bits per heavy atom. The zero-order chi connectivity index (χ0) is 12.2. The molecule has 0 N–H and O–H groups in total. The van der Waals surface area contributed by atoms with Crippen LogP contribution in [0.3, 0.4) is 0 Å². The molecule has 16 heavy (non-hydrogen) atoms. The molecule has 0 atom stereocenters. The van der Waals surface area contributed by atoms with Gasteiger partial charge in [0, 0.05) is 25.4 Å². The van der Waals surface area contributed by atoms with Crippen LogP contribution in [0.25, 0.3) is 0 Å². The highest BCUT2D eigenvalue weighted by atomic mass is 16.5. The summed E-state index contributed by atoms with van der Waals surface area (Å²) in [6.07, 6.45) is 5.76. The standard InChI is InChI=1S/C13H23NO2/c1-13(2,3)11-5-8-14(9-6-11)10-7-12(15)16-4/h7,10-11H,5-6,8-9H2,1-4H3. The fourth-order valence-corrected chi connectivity index (χ4v) is 2.15. The smallest absolute Gasteiger partial charge is 0.331 e. The lowest BCUT2D eigenvalue weighted by Gasteiger charge is -2.38. The molecule has 0 bridgehead atoms. The average molecular weight is 225 g/mol. The maximum atomic E-state index is 10.9. The van der Waals surface area contributed by atoms with Gasteiger partial charge in [-0.05, 0) is 24.2 Å². The number of rotatable bonds is 2. The van der Waals surface area contributed by atoms with E-state index in [9.17, 15) is 4.79 Å². The summed E-state index contributed by atoms with van der Waals surface area (Å²) in [4.78, 5) is 13.1. The normalized spacial score (nSPS) is 19.1. The van der Waals surface area contributed by atoms with Gasteiger partial charge in [0.25, 0.3) is 0 Å². The second-order valence-electron chi connectivity index (χ2n) is 5.52. The molecular weight excluding hydrogens is 202 g/mol. The number of hydrogen-bond acceptors (Lipinski definition) is 3. The number of methoxy groups -OCH3 is 1. The van der Waals surface area contributed by atoms with E-state index < -0.39 is 0 Å². The van der Waals surface area contributed by atoms with Gasteiger partial charge in [0.2, 0.25) is 0 Å². The fourth-order valence-electron chi connectivity index (χ4n) is 2.15. The lowest BCUT2D eigenvalue weighted by atomic mass is 9.75. The van der Waals surface area contributed by atoms with Gasteiger partial charge in [-0.3, -0.25) is 0 Å². The monoisotopic (exact) mass is 225 g/mol. The highest BCUT2D eigenvalue weighted by Gasteiger charge is 2.27. The minimum atomic E-state index is -0.280. The third-order valence-electron chi connectivity index (χ3n) is 3.38. The maximum Gasteiger partial charge on any atom is 0.331 e. The molecule has 3 nitrogen and oxygen atoms in total. The number of likely N-dealkylation sites (tertiary alicyclic amines) is 1. The first-order valence-corrected chi connectivity index (χ1v) is 5.93. The van der Waals surface area contributed by atoms with Crippen LogP contribution in [0.2, 0.25) is 0 Å². The van der Waals surface area contributed by atoms with E-state index in [2.05, 4.69) is 30.4 Å². The molecular formula is C13H23NO2. The van der Waals surface area contributed by atoms with Gasteiger partial charge < -0.3 is 9.64 Å². The van der Waals surface area contributed by atoms with Crippen LogP contribution in [0.15, 0.2) is 12.3 Å². The summed E-state index contributed by atoms with van der Waals surface area (Å²) in [6, 6.07) is 0. The topological polar surface area (TPSA) is 29.5 Å². The van der Waals surface area contributed by atoms with Gasteiger partial charge in [0.15, 0.2) is 0 Å². The van der Waals surface area contributed by atoms with Gasteiger partial charge in [0.1, 0.15) is 0 Å². The van der Waals surface area contributed by atoms with Gasteiger partial charge in [0.05, 0.1) is 7.11 Å². The lowest BCUT2D eigenvalue weighted by Crippen LogP contribution is -2.35. The van der Waals surface area contributed by atoms with Crippen molar-refractivity contribution in [2.75, 3.05) is 20.2 Å². The second kappa shape index (κ2) is 5.37. The second-order valence-corrected chi connectivity index (χ2v) is 5.52. The molecule has 0 aliphatic carbocycles. The third kappa shape index (κ3) is 3.87. The van der Waals surface area contributed by atoms with E-state index in [0.29, 0.717) is 5.41 Å². The van der Waals surface area contributed by atoms with Crippen molar-refractivity contribution in [1.82, 2.24) is 4.90 Å². The van der Waals surface area contributed by atoms with E-state index in [1.165, 1.54) is 26.0 Å². The third-order valence-corrected chi connectivity index (χ3v) is 3.38. The summed E-state index contributed by atoms with van der Waals surface area (Å²) in [5.41, 5.74) is 0.401. The summed E-state index contributed by atoms with van der Waals surface area (Å²) in [5.74, 6) is 0.508. The molecule has 0 aromatic carbocycles. The summed E-state index contributed by atoms with van der Waals surface area (Å²) in [7, 11) is 1.40. The van der Waals surface area contributed by atoms with Gasteiger partial charge in [-0.1, -0.05) is 20.8 Å². The predicted octanol–water partition coefficient (Wildman–Crippen LogP) is 2.43. The molecule has 0 aromatic rings. The Bertz CT molecular complexity index is 258. The molecule has 92 valence electrons. The van der Waals surface area contributed by atoms with Crippen LogP contribution in [0.1, 0.15) is 33.6 Å². The van der Waals surface area contributed by atoms with Crippen molar-refractivity contribution in [2.24, 2.45) is 11.3 Å². The number of ether oxygens (including phenoxy) is 1. The molecule has 1 aliphatic rings. The molecule has 0 unspecified atom stereocenters. The molecule has 0 aromatic heterocycles. The summed E-state index contributed by atoms with van der Waals surface area (Å²) >= 11 is 0. The van der Waals surface area contributed by atoms with Gasteiger partial charge in [-0.25, -0.2) is 4.79 Å². The summed E-state index contributed by atoms with van der Waals surface area (Å²) in [6.45, 7) is 8.98. The number of hydrogen-bond donors (Lipinski definition) is 0. The van der Waals surface area contributed by atoms with Crippen LogP contribution >= 0.6 is 0 Å². The molecule has 1 rings (SSSR count). The van der Waals surface area contributed by atoms with Crippen LogP contribution in [-0.2, 0) is 9.53 Å². The first-order valence-electron chi connectivity index (χ1n) is 5.93. The van der Waals surface area contributed by atoms with Crippen LogP contribution in [-0.4, -0.2) is 31.1 Å². The van der Waals surface area contributed by atoms with Crippen molar-refractivity contribution in [3.05, 3.63) is 12.3 Å². The molecule has 1 heterocycles. The Morgan fingerprint density at radius 1 is 1.31 bits per heavy atom. The number of piperidine rings is 1. The molecule has 0 radical (unpaired) electrons. The van der Waals surface area contributed by atoms with E-state index >= 15 is 0 Å². The van der Waals surface area contributed by atoms with Gasteiger partial charge >= 0.3 is 5.97 Å². The van der Waals surface area contributed by atoms with Crippen LogP contribution in [0.5, 0.6) is 0 Å². The number of nitrogens with zero attached hydrogens (tertiary/aromatic N) is 1. The minimum Gasteiger partial charge on any atom is -0.466 e. The molecule has 0 saturated carbocycles.